The molecule has 0 aromatic heterocycles. The van der Waals surface area contributed by atoms with Crippen molar-refractivity contribution in [3.05, 3.63) is 35.9 Å². The molecule has 3 atom stereocenters. The molecule has 1 N–H and O–H groups in total. The molecule has 0 spiro atoms. The van der Waals surface area contributed by atoms with Crippen molar-refractivity contribution in [3.63, 3.8) is 0 Å². The second-order valence-electron chi connectivity index (χ2n) is 5.26. The standard InChI is InChI=1S/C14H18O/c15-14(13-7-2-1-3-8-13)9-11-5-4-6-12(11)10-14/h1-3,7-8,11-12,15H,4-6,9-10H2/t11-,12+,14?. The molecule has 2 fully saturated rings. The van der Waals surface area contributed by atoms with Crippen molar-refractivity contribution in [3.8, 4) is 0 Å². The van der Waals surface area contributed by atoms with Gasteiger partial charge in [-0.25, -0.2) is 0 Å². The molecule has 1 nitrogen and oxygen atoms in total. The number of fused-ring (bicyclic) bond motifs is 1. The Kier molecular flexibility index (Phi) is 2.10. The quantitative estimate of drug-likeness (QED) is 0.742. The van der Waals surface area contributed by atoms with Gasteiger partial charge in [-0.05, 0) is 30.2 Å². The van der Waals surface area contributed by atoms with Gasteiger partial charge in [-0.15, -0.1) is 0 Å². The summed E-state index contributed by atoms with van der Waals surface area (Å²) in [6.45, 7) is 0. The lowest BCUT2D eigenvalue weighted by Crippen LogP contribution is -2.22. The van der Waals surface area contributed by atoms with Gasteiger partial charge in [0.15, 0.2) is 0 Å². The minimum Gasteiger partial charge on any atom is -0.385 e. The highest BCUT2D eigenvalue weighted by Gasteiger charge is 2.46. The fourth-order valence-electron chi connectivity index (χ4n) is 3.59. The van der Waals surface area contributed by atoms with E-state index >= 15 is 0 Å². The smallest absolute Gasteiger partial charge is 0.0902 e. The molecule has 0 bridgehead atoms. The van der Waals surface area contributed by atoms with E-state index in [1.54, 1.807) is 0 Å². The molecule has 0 aliphatic heterocycles. The van der Waals surface area contributed by atoms with Gasteiger partial charge < -0.3 is 5.11 Å². The first kappa shape index (κ1) is 9.41. The molecule has 2 saturated carbocycles. The van der Waals surface area contributed by atoms with E-state index in [2.05, 4.69) is 12.1 Å². The van der Waals surface area contributed by atoms with E-state index < -0.39 is 5.60 Å². The van der Waals surface area contributed by atoms with Crippen molar-refractivity contribution < 1.29 is 5.11 Å². The van der Waals surface area contributed by atoms with Crippen LogP contribution < -0.4 is 0 Å². The van der Waals surface area contributed by atoms with Crippen LogP contribution in [0, 0.1) is 11.8 Å². The van der Waals surface area contributed by atoms with Gasteiger partial charge in [0.1, 0.15) is 0 Å². The molecule has 0 heterocycles. The maximum absolute atomic E-state index is 10.7. The van der Waals surface area contributed by atoms with Crippen molar-refractivity contribution >= 4 is 0 Å². The summed E-state index contributed by atoms with van der Waals surface area (Å²) in [4.78, 5) is 0. The molecule has 3 rings (SSSR count). The predicted molar refractivity (Wildman–Crippen MR) is 60.4 cm³/mol. The monoisotopic (exact) mass is 202 g/mol. The summed E-state index contributed by atoms with van der Waals surface area (Å²) in [5.74, 6) is 1.57. The molecule has 1 heteroatoms. The van der Waals surface area contributed by atoms with Crippen LogP contribution in [0.1, 0.15) is 37.7 Å². The minimum absolute atomic E-state index is 0.517. The number of hydrogen-bond donors (Lipinski definition) is 1. The first-order chi connectivity index (χ1) is 7.28. The Balaban J connectivity index is 1.87. The van der Waals surface area contributed by atoms with Crippen LogP contribution in [-0.4, -0.2) is 5.11 Å². The average Bonchev–Trinajstić information content (AvgIpc) is 2.78. The van der Waals surface area contributed by atoms with Gasteiger partial charge in [-0.3, -0.25) is 0 Å². The molecule has 1 unspecified atom stereocenters. The molecule has 1 aromatic rings. The Bertz CT molecular complexity index is 332. The van der Waals surface area contributed by atoms with Crippen molar-refractivity contribution in [2.45, 2.75) is 37.7 Å². The van der Waals surface area contributed by atoms with Crippen molar-refractivity contribution in [2.24, 2.45) is 11.8 Å². The molecule has 1 aromatic carbocycles. The van der Waals surface area contributed by atoms with E-state index in [0.717, 1.165) is 30.2 Å². The molecule has 0 radical (unpaired) electrons. The highest BCUT2D eigenvalue weighted by atomic mass is 16.3. The lowest BCUT2D eigenvalue weighted by atomic mass is 9.90. The van der Waals surface area contributed by atoms with Crippen LogP contribution in [-0.2, 0) is 5.60 Å². The van der Waals surface area contributed by atoms with Gasteiger partial charge in [-0.2, -0.15) is 0 Å². The second kappa shape index (κ2) is 3.34. The van der Waals surface area contributed by atoms with Gasteiger partial charge in [0.2, 0.25) is 0 Å². The minimum atomic E-state index is -0.517. The lowest BCUT2D eigenvalue weighted by Gasteiger charge is -2.24. The Labute approximate surface area is 91.1 Å². The molecular weight excluding hydrogens is 184 g/mol. The van der Waals surface area contributed by atoms with E-state index in [1.807, 2.05) is 18.2 Å². The van der Waals surface area contributed by atoms with E-state index in [-0.39, 0.29) is 0 Å². The van der Waals surface area contributed by atoms with Crippen LogP contribution in [0.2, 0.25) is 0 Å². The van der Waals surface area contributed by atoms with Gasteiger partial charge >= 0.3 is 0 Å². The van der Waals surface area contributed by atoms with Crippen LogP contribution >= 0.6 is 0 Å². The Morgan fingerprint density at radius 1 is 1.00 bits per heavy atom. The highest BCUT2D eigenvalue weighted by Crippen LogP contribution is 2.52. The maximum Gasteiger partial charge on any atom is 0.0902 e. The molecule has 15 heavy (non-hydrogen) atoms. The Hall–Kier alpha value is -0.820. The topological polar surface area (TPSA) is 20.2 Å². The largest absolute Gasteiger partial charge is 0.385 e. The first-order valence-electron chi connectivity index (χ1n) is 6.06. The van der Waals surface area contributed by atoms with Crippen molar-refractivity contribution in [1.82, 2.24) is 0 Å². The zero-order chi connectivity index (χ0) is 10.3. The van der Waals surface area contributed by atoms with Crippen molar-refractivity contribution in [1.29, 1.82) is 0 Å². The molecule has 0 amide bonds. The number of aliphatic hydroxyl groups is 1. The summed E-state index contributed by atoms with van der Waals surface area (Å²) >= 11 is 0. The van der Waals surface area contributed by atoms with E-state index in [1.165, 1.54) is 19.3 Å². The summed E-state index contributed by atoms with van der Waals surface area (Å²) in [6, 6.07) is 10.2. The Morgan fingerprint density at radius 2 is 1.60 bits per heavy atom. The number of benzene rings is 1. The average molecular weight is 202 g/mol. The SMILES string of the molecule is OC1(c2ccccc2)C[C@H]2CCC[C@H]2C1. The molecule has 80 valence electrons. The van der Waals surface area contributed by atoms with Gasteiger partial charge in [0.05, 0.1) is 5.60 Å². The normalized spacial score (nSPS) is 39.3. The van der Waals surface area contributed by atoms with Gasteiger partial charge in [-0.1, -0.05) is 49.6 Å². The zero-order valence-electron chi connectivity index (χ0n) is 9.02. The zero-order valence-corrected chi connectivity index (χ0v) is 9.02. The molecule has 2 aliphatic carbocycles. The van der Waals surface area contributed by atoms with Crippen LogP contribution in [0.5, 0.6) is 0 Å². The summed E-state index contributed by atoms with van der Waals surface area (Å²) in [5.41, 5.74) is 0.608. The predicted octanol–water partition coefficient (Wildman–Crippen LogP) is 3.08. The van der Waals surface area contributed by atoms with Crippen LogP contribution in [0.3, 0.4) is 0 Å². The molecule has 0 saturated heterocycles. The van der Waals surface area contributed by atoms with Crippen LogP contribution in [0.15, 0.2) is 30.3 Å². The lowest BCUT2D eigenvalue weighted by molar-refractivity contribution is 0.0351. The van der Waals surface area contributed by atoms with Crippen LogP contribution in [0.25, 0.3) is 0 Å². The summed E-state index contributed by atoms with van der Waals surface area (Å²) < 4.78 is 0. The maximum atomic E-state index is 10.7. The molecular formula is C14H18O. The van der Waals surface area contributed by atoms with Crippen molar-refractivity contribution in [2.75, 3.05) is 0 Å². The van der Waals surface area contributed by atoms with Crippen LogP contribution in [0.4, 0.5) is 0 Å². The number of hydrogen-bond acceptors (Lipinski definition) is 1. The van der Waals surface area contributed by atoms with Gasteiger partial charge in [0, 0.05) is 0 Å². The fraction of sp³-hybridized carbons (Fsp3) is 0.571. The summed E-state index contributed by atoms with van der Waals surface area (Å²) in [7, 11) is 0. The Morgan fingerprint density at radius 3 is 2.20 bits per heavy atom. The summed E-state index contributed by atoms with van der Waals surface area (Å²) in [6.07, 6.45) is 6.02. The molecule has 2 aliphatic rings. The van der Waals surface area contributed by atoms with Gasteiger partial charge in [0.25, 0.3) is 0 Å². The van der Waals surface area contributed by atoms with E-state index in [4.69, 9.17) is 0 Å². The highest BCUT2D eigenvalue weighted by molar-refractivity contribution is 5.24. The third-order valence-electron chi connectivity index (χ3n) is 4.33. The third kappa shape index (κ3) is 1.50. The number of rotatable bonds is 1. The summed E-state index contributed by atoms with van der Waals surface area (Å²) in [5, 5.41) is 10.7. The second-order valence-corrected chi connectivity index (χ2v) is 5.26. The third-order valence-corrected chi connectivity index (χ3v) is 4.33. The first-order valence-corrected chi connectivity index (χ1v) is 6.06. The van der Waals surface area contributed by atoms with E-state index in [0.29, 0.717) is 0 Å². The van der Waals surface area contributed by atoms with E-state index in [9.17, 15) is 5.11 Å². The fourth-order valence-corrected chi connectivity index (χ4v) is 3.59.